The van der Waals surface area contributed by atoms with Gasteiger partial charge in [0.15, 0.2) is 5.13 Å². The lowest BCUT2D eigenvalue weighted by atomic mass is 10.1. The summed E-state index contributed by atoms with van der Waals surface area (Å²) in [6.45, 7) is 4.19. The maximum atomic E-state index is 11.8. The average Bonchev–Trinajstić information content (AvgIpc) is 2.90. The maximum absolute atomic E-state index is 11.8. The predicted octanol–water partition coefficient (Wildman–Crippen LogP) is 4.51. The molecule has 2 aromatic rings. The third-order valence-corrected chi connectivity index (χ3v) is 4.76. The Hall–Kier alpha value is -1.33. The first kappa shape index (κ1) is 16.0. The van der Waals surface area contributed by atoms with Gasteiger partial charge in [0.2, 0.25) is 5.91 Å². The topological polar surface area (TPSA) is 42.0 Å². The van der Waals surface area contributed by atoms with Crippen molar-refractivity contribution in [2.75, 3.05) is 17.3 Å². The molecular formula is C16H20N2OS2. The molecular weight excluding hydrogens is 300 g/mol. The molecule has 0 saturated carbocycles. The van der Waals surface area contributed by atoms with Gasteiger partial charge in [-0.2, -0.15) is 11.8 Å². The van der Waals surface area contributed by atoms with Gasteiger partial charge in [0, 0.05) is 17.4 Å². The molecule has 2 rings (SSSR count). The van der Waals surface area contributed by atoms with Gasteiger partial charge in [-0.05, 0) is 49.5 Å². The zero-order valence-electron chi connectivity index (χ0n) is 12.6. The van der Waals surface area contributed by atoms with Crippen molar-refractivity contribution in [2.24, 2.45) is 0 Å². The molecule has 0 fully saturated rings. The molecule has 0 radical (unpaired) electrons. The average molecular weight is 320 g/mol. The van der Waals surface area contributed by atoms with Gasteiger partial charge in [-0.1, -0.05) is 12.1 Å². The first-order valence-corrected chi connectivity index (χ1v) is 9.19. The van der Waals surface area contributed by atoms with Crippen LogP contribution in [-0.2, 0) is 4.79 Å². The summed E-state index contributed by atoms with van der Waals surface area (Å²) in [7, 11) is 0. The second-order valence-corrected chi connectivity index (χ2v) is 6.83. The number of aromatic nitrogens is 1. The van der Waals surface area contributed by atoms with Gasteiger partial charge in [0.25, 0.3) is 0 Å². The Balaban J connectivity index is 2.00. The van der Waals surface area contributed by atoms with Crippen molar-refractivity contribution in [1.82, 2.24) is 4.98 Å². The molecule has 0 bridgehead atoms. The molecule has 1 heterocycles. The molecule has 0 spiro atoms. The summed E-state index contributed by atoms with van der Waals surface area (Å²) in [6, 6.07) is 6.31. The largest absolute Gasteiger partial charge is 0.302 e. The monoisotopic (exact) mass is 320 g/mol. The molecule has 1 N–H and O–H groups in total. The van der Waals surface area contributed by atoms with Gasteiger partial charge < -0.3 is 5.32 Å². The minimum atomic E-state index is 0.0463. The highest BCUT2D eigenvalue weighted by molar-refractivity contribution is 7.98. The molecule has 0 aliphatic heterocycles. The lowest BCUT2D eigenvalue weighted by Gasteiger charge is -2.03. The molecule has 0 aliphatic carbocycles. The van der Waals surface area contributed by atoms with Gasteiger partial charge in [-0.25, -0.2) is 4.98 Å². The highest BCUT2D eigenvalue weighted by Crippen LogP contribution is 2.26. The molecule has 1 aromatic heterocycles. The predicted molar refractivity (Wildman–Crippen MR) is 93.3 cm³/mol. The number of anilines is 1. The van der Waals surface area contributed by atoms with Crippen molar-refractivity contribution in [1.29, 1.82) is 0 Å². The van der Waals surface area contributed by atoms with Crippen molar-refractivity contribution in [3.63, 3.8) is 0 Å². The van der Waals surface area contributed by atoms with Crippen LogP contribution in [0.4, 0.5) is 5.13 Å². The zero-order chi connectivity index (χ0) is 15.2. The van der Waals surface area contributed by atoms with Gasteiger partial charge in [0.05, 0.1) is 5.69 Å². The van der Waals surface area contributed by atoms with Gasteiger partial charge in [-0.15, -0.1) is 11.3 Å². The molecule has 0 saturated heterocycles. The fourth-order valence-corrected chi connectivity index (χ4v) is 3.09. The minimum Gasteiger partial charge on any atom is -0.302 e. The van der Waals surface area contributed by atoms with E-state index in [-0.39, 0.29) is 5.91 Å². The smallest absolute Gasteiger partial charge is 0.226 e. The van der Waals surface area contributed by atoms with Crippen LogP contribution >= 0.6 is 23.1 Å². The maximum Gasteiger partial charge on any atom is 0.226 e. The second kappa shape index (κ2) is 7.61. The molecule has 1 aromatic carbocycles. The van der Waals surface area contributed by atoms with Crippen LogP contribution in [0.5, 0.6) is 0 Å². The lowest BCUT2D eigenvalue weighted by Crippen LogP contribution is -2.11. The lowest BCUT2D eigenvalue weighted by molar-refractivity contribution is -0.116. The van der Waals surface area contributed by atoms with Crippen molar-refractivity contribution < 1.29 is 4.79 Å². The summed E-state index contributed by atoms with van der Waals surface area (Å²) in [4.78, 5) is 16.3. The Morgan fingerprint density at radius 2 is 2.14 bits per heavy atom. The summed E-state index contributed by atoms with van der Waals surface area (Å²) in [6.07, 6.45) is 3.51. The summed E-state index contributed by atoms with van der Waals surface area (Å²) < 4.78 is 0. The summed E-state index contributed by atoms with van der Waals surface area (Å²) in [5, 5.41) is 5.54. The quantitative estimate of drug-likeness (QED) is 0.796. The number of carbonyl (C=O) groups is 1. The number of nitrogens with one attached hydrogen (secondary N) is 1. The Bertz CT molecular complexity index is 622. The fraction of sp³-hybridized carbons (Fsp3) is 0.375. The Labute approximate surface area is 134 Å². The fourth-order valence-electron chi connectivity index (χ4n) is 1.92. The van der Waals surface area contributed by atoms with Crippen LogP contribution in [0.3, 0.4) is 0 Å². The minimum absolute atomic E-state index is 0.0463. The number of aryl methyl sites for hydroxylation is 2. The van der Waals surface area contributed by atoms with E-state index in [0.29, 0.717) is 11.6 Å². The van der Waals surface area contributed by atoms with Gasteiger partial charge in [-0.3, -0.25) is 4.79 Å². The molecule has 21 heavy (non-hydrogen) atoms. The summed E-state index contributed by atoms with van der Waals surface area (Å²) >= 11 is 3.23. The van der Waals surface area contributed by atoms with Crippen LogP contribution in [0, 0.1) is 13.8 Å². The number of rotatable bonds is 6. The van der Waals surface area contributed by atoms with Crippen molar-refractivity contribution in [3.05, 3.63) is 34.7 Å². The Morgan fingerprint density at radius 3 is 2.86 bits per heavy atom. The van der Waals surface area contributed by atoms with Crippen LogP contribution in [0.15, 0.2) is 23.6 Å². The molecule has 0 atom stereocenters. The number of benzene rings is 1. The van der Waals surface area contributed by atoms with E-state index in [1.165, 1.54) is 22.5 Å². The number of thioether (sulfide) groups is 1. The molecule has 0 unspecified atom stereocenters. The van der Waals surface area contributed by atoms with E-state index in [2.05, 4.69) is 48.6 Å². The standard InChI is InChI=1S/C16H20N2OS2/c1-11-6-7-13(9-12(11)2)14-10-21-16(17-14)18-15(19)5-4-8-20-3/h6-7,9-10H,4-5,8H2,1-3H3,(H,17,18,19). The van der Waals surface area contributed by atoms with E-state index in [1.807, 2.05) is 5.38 Å². The zero-order valence-corrected chi connectivity index (χ0v) is 14.2. The third kappa shape index (κ3) is 4.58. The number of hydrogen-bond donors (Lipinski definition) is 1. The number of hydrogen-bond acceptors (Lipinski definition) is 4. The Kier molecular flexibility index (Phi) is 5.82. The number of nitrogens with zero attached hydrogens (tertiary/aromatic N) is 1. The highest BCUT2D eigenvalue weighted by Gasteiger charge is 2.08. The first-order chi connectivity index (χ1) is 10.1. The normalized spacial score (nSPS) is 10.6. The number of thiazole rings is 1. The number of carbonyl (C=O) groups excluding carboxylic acids is 1. The molecule has 0 aliphatic rings. The van der Waals surface area contributed by atoms with E-state index >= 15 is 0 Å². The van der Waals surface area contributed by atoms with Gasteiger partial charge >= 0.3 is 0 Å². The third-order valence-electron chi connectivity index (χ3n) is 3.31. The second-order valence-electron chi connectivity index (χ2n) is 4.98. The Morgan fingerprint density at radius 1 is 1.33 bits per heavy atom. The van der Waals surface area contributed by atoms with Crippen LogP contribution in [0.25, 0.3) is 11.3 Å². The van der Waals surface area contributed by atoms with Crippen molar-refractivity contribution in [2.45, 2.75) is 26.7 Å². The molecule has 1 amide bonds. The van der Waals surface area contributed by atoms with Crippen molar-refractivity contribution >= 4 is 34.1 Å². The molecule has 112 valence electrons. The van der Waals surface area contributed by atoms with E-state index in [9.17, 15) is 4.79 Å². The van der Waals surface area contributed by atoms with E-state index in [0.717, 1.165) is 23.4 Å². The number of amides is 1. The van der Waals surface area contributed by atoms with E-state index in [1.54, 1.807) is 11.8 Å². The van der Waals surface area contributed by atoms with E-state index < -0.39 is 0 Å². The van der Waals surface area contributed by atoms with Gasteiger partial charge in [0.1, 0.15) is 0 Å². The molecule has 3 nitrogen and oxygen atoms in total. The van der Waals surface area contributed by atoms with Crippen LogP contribution in [-0.4, -0.2) is 22.9 Å². The SMILES string of the molecule is CSCCCC(=O)Nc1nc(-c2ccc(C)c(C)c2)cs1. The van der Waals surface area contributed by atoms with Crippen LogP contribution < -0.4 is 5.32 Å². The first-order valence-electron chi connectivity index (χ1n) is 6.92. The molecule has 5 heteroatoms. The van der Waals surface area contributed by atoms with Crippen LogP contribution in [0.1, 0.15) is 24.0 Å². The van der Waals surface area contributed by atoms with Crippen LogP contribution in [0.2, 0.25) is 0 Å². The highest BCUT2D eigenvalue weighted by atomic mass is 32.2. The summed E-state index contributed by atoms with van der Waals surface area (Å²) in [5.74, 6) is 1.06. The summed E-state index contributed by atoms with van der Waals surface area (Å²) in [5.41, 5.74) is 4.54. The van der Waals surface area contributed by atoms with Crippen molar-refractivity contribution in [3.8, 4) is 11.3 Å². The van der Waals surface area contributed by atoms with E-state index in [4.69, 9.17) is 0 Å².